The van der Waals surface area contributed by atoms with Crippen LogP contribution in [0.25, 0.3) is 0 Å². The highest BCUT2D eigenvalue weighted by molar-refractivity contribution is 5.46. The SMILES string of the molecule is COCc1ccc(NC(C)c2ccnn2C)cc1. The standard InChI is InChI=1S/C14H19N3O/c1-11(14-8-9-15-17(14)2)16-13-6-4-12(5-7-13)10-18-3/h4-9,11,16H,10H2,1-3H3. The lowest BCUT2D eigenvalue weighted by atomic mass is 10.2. The van der Waals surface area contributed by atoms with E-state index in [1.165, 1.54) is 5.56 Å². The fourth-order valence-electron chi connectivity index (χ4n) is 2.00. The van der Waals surface area contributed by atoms with Crippen molar-refractivity contribution in [2.45, 2.75) is 19.6 Å². The van der Waals surface area contributed by atoms with Crippen molar-refractivity contribution in [3.8, 4) is 0 Å². The second-order valence-electron chi connectivity index (χ2n) is 4.38. The van der Waals surface area contributed by atoms with Crippen LogP contribution in [0.1, 0.15) is 24.2 Å². The number of hydrogen-bond donors (Lipinski definition) is 1. The van der Waals surface area contributed by atoms with E-state index in [0.29, 0.717) is 6.61 Å². The van der Waals surface area contributed by atoms with Crippen molar-refractivity contribution in [2.24, 2.45) is 7.05 Å². The molecule has 0 fully saturated rings. The van der Waals surface area contributed by atoms with Gasteiger partial charge in [-0.3, -0.25) is 4.68 Å². The fourth-order valence-corrected chi connectivity index (χ4v) is 2.00. The molecule has 1 aromatic carbocycles. The Morgan fingerprint density at radius 3 is 2.56 bits per heavy atom. The predicted molar refractivity (Wildman–Crippen MR) is 72.4 cm³/mol. The minimum absolute atomic E-state index is 0.228. The zero-order valence-corrected chi connectivity index (χ0v) is 11.1. The Labute approximate surface area is 108 Å². The van der Waals surface area contributed by atoms with Crippen molar-refractivity contribution < 1.29 is 4.74 Å². The summed E-state index contributed by atoms with van der Waals surface area (Å²) in [5.74, 6) is 0. The Bertz CT molecular complexity index is 490. The molecule has 1 aromatic heterocycles. The van der Waals surface area contributed by atoms with Gasteiger partial charge in [0, 0.05) is 26.0 Å². The molecule has 2 rings (SSSR count). The molecule has 1 N–H and O–H groups in total. The van der Waals surface area contributed by atoms with Crippen LogP contribution in [0, 0.1) is 0 Å². The van der Waals surface area contributed by atoms with Gasteiger partial charge in [0.1, 0.15) is 0 Å². The van der Waals surface area contributed by atoms with Crippen LogP contribution < -0.4 is 5.32 Å². The summed E-state index contributed by atoms with van der Waals surface area (Å²) in [6.07, 6.45) is 1.81. The first-order chi connectivity index (χ1) is 8.70. The zero-order valence-electron chi connectivity index (χ0n) is 11.1. The fraction of sp³-hybridized carbons (Fsp3) is 0.357. The van der Waals surface area contributed by atoms with Crippen LogP contribution in [0.4, 0.5) is 5.69 Å². The van der Waals surface area contributed by atoms with Gasteiger partial charge >= 0.3 is 0 Å². The van der Waals surface area contributed by atoms with Gasteiger partial charge in [-0.1, -0.05) is 12.1 Å². The lowest BCUT2D eigenvalue weighted by Gasteiger charge is -2.15. The minimum atomic E-state index is 0.228. The highest BCUT2D eigenvalue weighted by Gasteiger charge is 2.08. The van der Waals surface area contributed by atoms with Gasteiger partial charge in [0.25, 0.3) is 0 Å². The van der Waals surface area contributed by atoms with Crippen LogP contribution in [-0.4, -0.2) is 16.9 Å². The zero-order chi connectivity index (χ0) is 13.0. The molecular formula is C14H19N3O. The van der Waals surface area contributed by atoms with E-state index in [1.807, 2.05) is 24.0 Å². The third-order valence-electron chi connectivity index (χ3n) is 2.95. The smallest absolute Gasteiger partial charge is 0.0713 e. The molecule has 0 saturated heterocycles. The first-order valence-corrected chi connectivity index (χ1v) is 6.03. The number of anilines is 1. The van der Waals surface area contributed by atoms with Crippen LogP contribution in [0.2, 0.25) is 0 Å². The van der Waals surface area contributed by atoms with Gasteiger partial charge in [0.05, 0.1) is 18.3 Å². The average Bonchev–Trinajstić information content (AvgIpc) is 2.78. The summed E-state index contributed by atoms with van der Waals surface area (Å²) in [7, 11) is 3.66. The maximum Gasteiger partial charge on any atom is 0.0713 e. The number of nitrogens with zero attached hydrogens (tertiary/aromatic N) is 2. The average molecular weight is 245 g/mol. The summed E-state index contributed by atoms with van der Waals surface area (Å²) in [5.41, 5.74) is 3.44. The highest BCUT2D eigenvalue weighted by atomic mass is 16.5. The maximum atomic E-state index is 5.09. The van der Waals surface area contributed by atoms with Crippen molar-refractivity contribution in [3.05, 3.63) is 47.8 Å². The number of aryl methyl sites for hydroxylation is 1. The number of nitrogens with one attached hydrogen (secondary N) is 1. The van der Waals surface area contributed by atoms with Crippen LogP contribution >= 0.6 is 0 Å². The summed E-state index contributed by atoms with van der Waals surface area (Å²) >= 11 is 0. The van der Waals surface area contributed by atoms with Crippen molar-refractivity contribution in [3.63, 3.8) is 0 Å². The molecule has 18 heavy (non-hydrogen) atoms. The summed E-state index contributed by atoms with van der Waals surface area (Å²) < 4.78 is 6.98. The molecule has 0 amide bonds. The third-order valence-corrected chi connectivity index (χ3v) is 2.95. The first-order valence-electron chi connectivity index (χ1n) is 6.03. The first kappa shape index (κ1) is 12.6. The van der Waals surface area contributed by atoms with Crippen LogP contribution in [0.15, 0.2) is 36.5 Å². The van der Waals surface area contributed by atoms with E-state index in [0.717, 1.165) is 11.4 Å². The van der Waals surface area contributed by atoms with Crippen molar-refractivity contribution in [1.29, 1.82) is 0 Å². The van der Waals surface area contributed by atoms with Gasteiger partial charge in [-0.05, 0) is 30.7 Å². The topological polar surface area (TPSA) is 39.1 Å². The van der Waals surface area contributed by atoms with Gasteiger partial charge in [-0.25, -0.2) is 0 Å². The Morgan fingerprint density at radius 2 is 2.00 bits per heavy atom. The summed E-state index contributed by atoms with van der Waals surface area (Å²) in [6, 6.07) is 10.5. The van der Waals surface area contributed by atoms with Gasteiger partial charge in [-0.15, -0.1) is 0 Å². The molecule has 0 spiro atoms. The lowest BCUT2D eigenvalue weighted by molar-refractivity contribution is 0.185. The Kier molecular flexibility index (Phi) is 3.99. The molecule has 96 valence electrons. The van der Waals surface area contributed by atoms with E-state index in [4.69, 9.17) is 4.74 Å². The van der Waals surface area contributed by atoms with E-state index in [-0.39, 0.29) is 6.04 Å². The summed E-state index contributed by atoms with van der Waals surface area (Å²) in [4.78, 5) is 0. The number of aromatic nitrogens is 2. The number of benzene rings is 1. The normalized spacial score (nSPS) is 12.4. The quantitative estimate of drug-likeness (QED) is 0.880. The van der Waals surface area contributed by atoms with Gasteiger partial charge in [-0.2, -0.15) is 5.10 Å². The molecule has 1 atom stereocenters. The van der Waals surface area contributed by atoms with E-state index >= 15 is 0 Å². The van der Waals surface area contributed by atoms with Gasteiger partial charge < -0.3 is 10.1 Å². The lowest BCUT2D eigenvalue weighted by Crippen LogP contribution is -2.11. The predicted octanol–water partition coefficient (Wildman–Crippen LogP) is 2.74. The number of rotatable bonds is 5. The second-order valence-corrected chi connectivity index (χ2v) is 4.38. The molecule has 1 unspecified atom stereocenters. The van der Waals surface area contributed by atoms with Crippen LogP contribution in [0.5, 0.6) is 0 Å². The molecule has 0 aliphatic heterocycles. The Morgan fingerprint density at radius 1 is 1.28 bits per heavy atom. The monoisotopic (exact) mass is 245 g/mol. The van der Waals surface area contributed by atoms with Crippen LogP contribution in [0.3, 0.4) is 0 Å². The second kappa shape index (κ2) is 5.69. The van der Waals surface area contributed by atoms with Crippen molar-refractivity contribution in [1.82, 2.24) is 9.78 Å². The highest BCUT2D eigenvalue weighted by Crippen LogP contribution is 2.19. The Balaban J connectivity index is 2.03. The van der Waals surface area contributed by atoms with Crippen molar-refractivity contribution in [2.75, 3.05) is 12.4 Å². The summed E-state index contributed by atoms with van der Waals surface area (Å²) in [5, 5.41) is 7.63. The van der Waals surface area contributed by atoms with E-state index in [9.17, 15) is 0 Å². The molecule has 0 aliphatic carbocycles. The van der Waals surface area contributed by atoms with Crippen molar-refractivity contribution >= 4 is 5.69 Å². The summed E-state index contributed by atoms with van der Waals surface area (Å²) in [6.45, 7) is 2.78. The van der Waals surface area contributed by atoms with E-state index < -0.39 is 0 Å². The number of methoxy groups -OCH3 is 1. The molecular weight excluding hydrogens is 226 g/mol. The molecule has 2 aromatic rings. The maximum absolute atomic E-state index is 5.09. The van der Waals surface area contributed by atoms with E-state index in [1.54, 1.807) is 7.11 Å². The number of ether oxygens (including phenoxy) is 1. The van der Waals surface area contributed by atoms with Crippen LogP contribution in [-0.2, 0) is 18.4 Å². The van der Waals surface area contributed by atoms with Gasteiger partial charge in [0.2, 0.25) is 0 Å². The largest absolute Gasteiger partial charge is 0.380 e. The van der Waals surface area contributed by atoms with E-state index in [2.05, 4.69) is 41.6 Å². The molecule has 4 nitrogen and oxygen atoms in total. The molecule has 0 saturated carbocycles. The molecule has 0 bridgehead atoms. The Hall–Kier alpha value is -1.81. The molecule has 0 aliphatic rings. The molecule has 0 radical (unpaired) electrons. The molecule has 1 heterocycles. The van der Waals surface area contributed by atoms with Gasteiger partial charge in [0.15, 0.2) is 0 Å². The number of hydrogen-bond acceptors (Lipinski definition) is 3. The molecule has 4 heteroatoms. The third kappa shape index (κ3) is 2.90. The minimum Gasteiger partial charge on any atom is -0.380 e.